The Morgan fingerprint density at radius 1 is 1.28 bits per heavy atom. The van der Waals surface area contributed by atoms with Gasteiger partial charge in [0.2, 0.25) is 11.8 Å². The molecule has 1 aromatic rings. The molecule has 3 rings (SSSR count). The summed E-state index contributed by atoms with van der Waals surface area (Å²) in [7, 11) is 0. The van der Waals surface area contributed by atoms with Crippen LogP contribution in [0, 0.1) is 11.3 Å². The van der Waals surface area contributed by atoms with E-state index in [4.69, 9.17) is 4.74 Å². The Morgan fingerprint density at radius 3 is 2.66 bits per heavy atom. The molecule has 2 amide bonds. The van der Waals surface area contributed by atoms with Gasteiger partial charge in [-0.15, -0.1) is 0 Å². The number of nitrogens with one attached hydrogen (secondary N) is 2. The van der Waals surface area contributed by atoms with Crippen molar-refractivity contribution >= 4 is 23.6 Å². The molecule has 1 aliphatic carbocycles. The van der Waals surface area contributed by atoms with Crippen molar-refractivity contribution in [2.75, 3.05) is 12.4 Å². The Kier molecular flexibility index (Phi) is 7.59. The van der Waals surface area contributed by atoms with Crippen molar-refractivity contribution < 1.29 is 14.3 Å². The molecule has 1 saturated carbocycles. The number of carbonyl (C=O) groups excluding carboxylic acids is 2. The van der Waals surface area contributed by atoms with E-state index in [0.717, 1.165) is 37.0 Å². The molecule has 0 radical (unpaired) electrons. The van der Waals surface area contributed by atoms with Crippen molar-refractivity contribution in [2.24, 2.45) is 0 Å². The maximum absolute atomic E-state index is 12.3. The number of ether oxygens (including phenoxy) is 1. The molecule has 2 N–H and O–H groups in total. The van der Waals surface area contributed by atoms with Gasteiger partial charge >= 0.3 is 0 Å². The van der Waals surface area contributed by atoms with Crippen LogP contribution in [0.4, 0.5) is 0 Å². The SMILES string of the molecule is CCOc1ccc(C2CC(=O)NC(SCC(=O)NC3CCCCC3)=C2C#N)cc1. The molecule has 7 heteroatoms. The lowest BCUT2D eigenvalue weighted by Gasteiger charge is -2.26. The minimum atomic E-state index is -0.312. The zero-order valence-corrected chi connectivity index (χ0v) is 17.5. The van der Waals surface area contributed by atoms with Crippen molar-refractivity contribution in [3.8, 4) is 11.8 Å². The third-order valence-corrected chi connectivity index (χ3v) is 6.28. The maximum Gasteiger partial charge on any atom is 0.230 e. The normalized spacial score (nSPS) is 20.0. The van der Waals surface area contributed by atoms with Gasteiger partial charge in [-0.1, -0.05) is 43.2 Å². The zero-order valence-electron chi connectivity index (χ0n) is 16.7. The van der Waals surface area contributed by atoms with Crippen molar-refractivity contribution in [1.82, 2.24) is 10.6 Å². The fourth-order valence-electron chi connectivity index (χ4n) is 3.83. The van der Waals surface area contributed by atoms with Gasteiger partial charge in [0, 0.05) is 18.4 Å². The highest BCUT2D eigenvalue weighted by atomic mass is 32.2. The van der Waals surface area contributed by atoms with Gasteiger partial charge in [-0.2, -0.15) is 5.26 Å². The summed E-state index contributed by atoms with van der Waals surface area (Å²) in [5.41, 5.74) is 1.40. The van der Waals surface area contributed by atoms with Crippen molar-refractivity contribution in [2.45, 2.75) is 57.4 Å². The van der Waals surface area contributed by atoms with E-state index >= 15 is 0 Å². The smallest absolute Gasteiger partial charge is 0.230 e. The first-order valence-corrected chi connectivity index (χ1v) is 11.2. The molecule has 1 atom stereocenters. The number of hydrogen-bond donors (Lipinski definition) is 2. The quantitative estimate of drug-likeness (QED) is 0.713. The van der Waals surface area contributed by atoms with Crippen LogP contribution in [0.2, 0.25) is 0 Å². The van der Waals surface area contributed by atoms with E-state index in [1.54, 1.807) is 0 Å². The van der Waals surface area contributed by atoms with Crippen LogP contribution in [0.5, 0.6) is 5.75 Å². The van der Waals surface area contributed by atoms with Crippen LogP contribution in [-0.4, -0.2) is 30.2 Å². The maximum atomic E-state index is 12.3. The summed E-state index contributed by atoms with van der Waals surface area (Å²) in [5, 5.41) is 16.1. The molecule has 1 fully saturated rings. The number of amides is 2. The summed E-state index contributed by atoms with van der Waals surface area (Å²) in [6.07, 6.45) is 5.81. The van der Waals surface area contributed by atoms with E-state index in [1.807, 2.05) is 31.2 Å². The molecule has 6 nitrogen and oxygen atoms in total. The monoisotopic (exact) mass is 413 g/mol. The summed E-state index contributed by atoms with van der Waals surface area (Å²) in [6.45, 7) is 2.50. The highest BCUT2D eigenvalue weighted by molar-refractivity contribution is 8.03. The molecule has 0 aromatic heterocycles. The van der Waals surface area contributed by atoms with E-state index in [1.165, 1.54) is 18.2 Å². The summed E-state index contributed by atoms with van der Waals surface area (Å²) in [4.78, 5) is 24.6. The summed E-state index contributed by atoms with van der Waals surface area (Å²) in [5.74, 6) is 0.441. The summed E-state index contributed by atoms with van der Waals surface area (Å²) < 4.78 is 5.47. The summed E-state index contributed by atoms with van der Waals surface area (Å²) >= 11 is 1.23. The Bertz CT molecular complexity index is 808. The second kappa shape index (κ2) is 10.4. The lowest BCUT2D eigenvalue weighted by molar-refractivity contribution is -0.121. The van der Waals surface area contributed by atoms with Gasteiger partial charge in [-0.3, -0.25) is 9.59 Å². The molecule has 0 bridgehead atoms. The van der Waals surface area contributed by atoms with Crippen LogP contribution in [0.25, 0.3) is 0 Å². The van der Waals surface area contributed by atoms with Crippen LogP contribution in [0.3, 0.4) is 0 Å². The molecular weight excluding hydrogens is 386 g/mol. The van der Waals surface area contributed by atoms with E-state index in [0.29, 0.717) is 17.2 Å². The molecular formula is C22H27N3O3S. The van der Waals surface area contributed by atoms with Gasteiger partial charge in [-0.05, 0) is 37.5 Å². The molecule has 1 unspecified atom stereocenters. The van der Waals surface area contributed by atoms with Crippen LogP contribution in [0.15, 0.2) is 34.9 Å². The molecule has 29 heavy (non-hydrogen) atoms. The average molecular weight is 414 g/mol. The highest BCUT2D eigenvalue weighted by Crippen LogP contribution is 2.36. The number of hydrogen-bond acceptors (Lipinski definition) is 5. The van der Waals surface area contributed by atoms with Crippen molar-refractivity contribution in [3.05, 3.63) is 40.4 Å². The van der Waals surface area contributed by atoms with E-state index in [-0.39, 0.29) is 35.9 Å². The first kappa shape index (κ1) is 21.3. The van der Waals surface area contributed by atoms with Crippen LogP contribution < -0.4 is 15.4 Å². The van der Waals surface area contributed by atoms with Gasteiger partial charge in [0.1, 0.15) is 5.75 Å². The number of benzene rings is 1. The predicted molar refractivity (Wildman–Crippen MR) is 113 cm³/mol. The van der Waals surface area contributed by atoms with Crippen molar-refractivity contribution in [1.29, 1.82) is 5.26 Å². The number of rotatable bonds is 7. The standard InChI is InChI=1S/C22H27N3O3S/c1-2-28-17-10-8-15(9-11-17)18-12-20(26)25-22(19(18)13-23)29-14-21(27)24-16-6-4-3-5-7-16/h8-11,16,18H,2-7,12,14H2,1H3,(H,24,27)(H,25,26). The molecule has 2 aliphatic rings. The first-order chi connectivity index (χ1) is 14.1. The molecule has 1 aliphatic heterocycles. The van der Waals surface area contributed by atoms with E-state index in [9.17, 15) is 14.9 Å². The highest BCUT2D eigenvalue weighted by Gasteiger charge is 2.30. The number of nitrogens with zero attached hydrogens (tertiary/aromatic N) is 1. The number of thioether (sulfide) groups is 1. The lowest BCUT2D eigenvalue weighted by Crippen LogP contribution is -2.38. The fourth-order valence-corrected chi connectivity index (χ4v) is 4.72. The Labute approximate surface area is 176 Å². The van der Waals surface area contributed by atoms with Gasteiger partial charge in [0.05, 0.1) is 29.0 Å². The minimum absolute atomic E-state index is 0.0517. The fraction of sp³-hybridized carbons (Fsp3) is 0.500. The third-order valence-electron chi connectivity index (χ3n) is 5.27. The molecule has 1 heterocycles. The van der Waals surface area contributed by atoms with Crippen LogP contribution in [-0.2, 0) is 9.59 Å². The second-order valence-corrected chi connectivity index (χ2v) is 8.34. The summed E-state index contributed by atoms with van der Waals surface area (Å²) in [6, 6.07) is 9.99. The molecule has 0 spiro atoms. The number of nitriles is 1. The minimum Gasteiger partial charge on any atom is -0.494 e. The largest absolute Gasteiger partial charge is 0.494 e. The van der Waals surface area contributed by atoms with Crippen LogP contribution >= 0.6 is 11.8 Å². The molecule has 1 aromatic carbocycles. The number of carbonyl (C=O) groups is 2. The predicted octanol–water partition coefficient (Wildman–Crippen LogP) is 3.61. The van der Waals surface area contributed by atoms with E-state index in [2.05, 4.69) is 16.7 Å². The van der Waals surface area contributed by atoms with Gasteiger partial charge in [0.25, 0.3) is 0 Å². The second-order valence-electron chi connectivity index (χ2n) is 7.35. The molecule has 0 saturated heterocycles. The third kappa shape index (κ3) is 5.77. The number of allylic oxidation sites excluding steroid dienone is 1. The van der Waals surface area contributed by atoms with Gasteiger partial charge in [-0.25, -0.2) is 0 Å². The van der Waals surface area contributed by atoms with Crippen molar-refractivity contribution in [3.63, 3.8) is 0 Å². The average Bonchev–Trinajstić information content (AvgIpc) is 2.73. The Hall–Kier alpha value is -2.46. The van der Waals surface area contributed by atoms with E-state index < -0.39 is 0 Å². The van der Waals surface area contributed by atoms with Crippen LogP contribution in [0.1, 0.15) is 56.9 Å². The molecule has 154 valence electrons. The first-order valence-electron chi connectivity index (χ1n) is 10.2. The Morgan fingerprint density at radius 2 is 2.00 bits per heavy atom. The Balaban J connectivity index is 1.69. The topological polar surface area (TPSA) is 91.2 Å². The lowest BCUT2D eigenvalue weighted by atomic mass is 9.87. The van der Waals surface area contributed by atoms with Gasteiger partial charge < -0.3 is 15.4 Å². The van der Waals surface area contributed by atoms with Gasteiger partial charge in [0.15, 0.2) is 0 Å². The zero-order chi connectivity index (χ0) is 20.6.